The van der Waals surface area contributed by atoms with Crippen LogP contribution >= 0.6 is 0 Å². The van der Waals surface area contributed by atoms with E-state index in [1.807, 2.05) is 45.9 Å². The van der Waals surface area contributed by atoms with Gasteiger partial charge in [-0.2, -0.15) is 0 Å². The van der Waals surface area contributed by atoms with Crippen molar-refractivity contribution in [3.05, 3.63) is 47.5 Å². The summed E-state index contributed by atoms with van der Waals surface area (Å²) >= 11 is 0. The van der Waals surface area contributed by atoms with Crippen molar-refractivity contribution in [2.75, 3.05) is 33.0 Å². The Labute approximate surface area is 194 Å². The molecule has 2 aromatic carbocycles. The molecule has 1 unspecified atom stereocenters. The van der Waals surface area contributed by atoms with Gasteiger partial charge >= 0.3 is 5.97 Å². The summed E-state index contributed by atoms with van der Waals surface area (Å²) in [6.45, 7) is 9.36. The van der Waals surface area contributed by atoms with E-state index in [2.05, 4.69) is 5.32 Å². The van der Waals surface area contributed by atoms with E-state index >= 15 is 0 Å². The molecule has 1 amide bonds. The van der Waals surface area contributed by atoms with Crippen LogP contribution in [0.15, 0.2) is 36.4 Å². The fourth-order valence-electron chi connectivity index (χ4n) is 3.19. The molecule has 0 saturated heterocycles. The molecular formula is C25H31NO7. The topological polar surface area (TPSA) is 92.3 Å². The van der Waals surface area contributed by atoms with Crippen LogP contribution in [0, 0.1) is 5.92 Å². The SMILES string of the molecule is CCOc1cc(C(=O)OCC(=O)NC(C)c2ccc3c(c2)OCCO3)ccc1OCC(C)C. The van der Waals surface area contributed by atoms with Gasteiger partial charge in [-0.15, -0.1) is 0 Å². The predicted octanol–water partition coefficient (Wildman–Crippen LogP) is 3.93. The molecule has 1 aliphatic heterocycles. The van der Waals surface area contributed by atoms with E-state index in [0.29, 0.717) is 55.3 Å². The van der Waals surface area contributed by atoms with Gasteiger partial charge in [0.25, 0.3) is 5.91 Å². The van der Waals surface area contributed by atoms with Gasteiger partial charge in [-0.3, -0.25) is 4.79 Å². The first-order valence-corrected chi connectivity index (χ1v) is 11.1. The van der Waals surface area contributed by atoms with Crippen LogP contribution in [0.25, 0.3) is 0 Å². The number of hydrogen-bond donors (Lipinski definition) is 1. The third-order valence-electron chi connectivity index (χ3n) is 4.83. The van der Waals surface area contributed by atoms with Crippen LogP contribution in [-0.4, -0.2) is 44.9 Å². The average molecular weight is 458 g/mol. The zero-order chi connectivity index (χ0) is 23.8. The highest BCUT2D eigenvalue weighted by atomic mass is 16.6. The summed E-state index contributed by atoms with van der Waals surface area (Å²) in [6.07, 6.45) is 0. The molecule has 0 radical (unpaired) electrons. The molecule has 1 atom stereocenters. The van der Waals surface area contributed by atoms with Crippen molar-refractivity contribution in [1.29, 1.82) is 0 Å². The standard InChI is InChI=1S/C25H31NO7/c1-5-29-22-13-19(7-9-21(22)32-14-16(2)3)25(28)33-15-24(27)26-17(4)18-6-8-20-23(12-18)31-11-10-30-20/h6-9,12-13,16-17H,5,10-11,14-15H2,1-4H3,(H,26,27). The molecule has 8 nitrogen and oxygen atoms in total. The van der Waals surface area contributed by atoms with Gasteiger partial charge < -0.3 is 29.0 Å². The van der Waals surface area contributed by atoms with Gasteiger partial charge in [0, 0.05) is 0 Å². The molecule has 0 fully saturated rings. The van der Waals surface area contributed by atoms with Gasteiger partial charge in [0.2, 0.25) is 0 Å². The zero-order valence-corrected chi connectivity index (χ0v) is 19.5. The Hall–Kier alpha value is -3.42. The monoisotopic (exact) mass is 457 g/mol. The van der Waals surface area contributed by atoms with Gasteiger partial charge in [0.1, 0.15) is 13.2 Å². The lowest BCUT2D eigenvalue weighted by Crippen LogP contribution is -2.31. The van der Waals surface area contributed by atoms with Crippen molar-refractivity contribution >= 4 is 11.9 Å². The summed E-state index contributed by atoms with van der Waals surface area (Å²) in [5.41, 5.74) is 1.14. The molecule has 8 heteroatoms. The third kappa shape index (κ3) is 6.78. The lowest BCUT2D eigenvalue weighted by Gasteiger charge is -2.21. The smallest absolute Gasteiger partial charge is 0.338 e. The van der Waals surface area contributed by atoms with E-state index in [9.17, 15) is 9.59 Å². The molecule has 0 bridgehead atoms. The minimum Gasteiger partial charge on any atom is -0.490 e. The van der Waals surface area contributed by atoms with Gasteiger partial charge in [-0.05, 0) is 55.7 Å². The Morgan fingerprint density at radius 2 is 1.73 bits per heavy atom. The molecule has 0 spiro atoms. The summed E-state index contributed by atoms with van der Waals surface area (Å²) < 4.78 is 27.6. The van der Waals surface area contributed by atoms with Gasteiger partial charge in [0.05, 0.1) is 24.8 Å². The predicted molar refractivity (Wildman–Crippen MR) is 122 cm³/mol. The molecule has 3 rings (SSSR count). The Morgan fingerprint density at radius 1 is 0.970 bits per heavy atom. The maximum atomic E-state index is 12.5. The van der Waals surface area contributed by atoms with Crippen LogP contribution in [0.2, 0.25) is 0 Å². The largest absolute Gasteiger partial charge is 0.490 e. The first kappa shape index (κ1) is 24.2. The zero-order valence-electron chi connectivity index (χ0n) is 19.5. The number of carbonyl (C=O) groups excluding carboxylic acids is 2. The minimum absolute atomic E-state index is 0.281. The third-order valence-corrected chi connectivity index (χ3v) is 4.83. The lowest BCUT2D eigenvalue weighted by atomic mass is 10.1. The van der Waals surface area contributed by atoms with Crippen molar-refractivity contribution in [3.63, 3.8) is 0 Å². The summed E-state index contributed by atoms with van der Waals surface area (Å²) in [6, 6.07) is 10.1. The van der Waals surface area contributed by atoms with Crippen molar-refractivity contribution in [3.8, 4) is 23.0 Å². The van der Waals surface area contributed by atoms with Crippen LogP contribution in [-0.2, 0) is 9.53 Å². The Morgan fingerprint density at radius 3 is 2.45 bits per heavy atom. The van der Waals surface area contributed by atoms with Crippen LogP contribution in [0.5, 0.6) is 23.0 Å². The second-order valence-corrected chi connectivity index (χ2v) is 8.07. The fourth-order valence-corrected chi connectivity index (χ4v) is 3.19. The van der Waals surface area contributed by atoms with Gasteiger partial charge in [-0.1, -0.05) is 19.9 Å². The van der Waals surface area contributed by atoms with E-state index in [0.717, 1.165) is 5.56 Å². The number of ether oxygens (including phenoxy) is 5. The molecule has 1 aliphatic rings. The number of esters is 1. The van der Waals surface area contributed by atoms with E-state index in [1.165, 1.54) is 0 Å². The second-order valence-electron chi connectivity index (χ2n) is 8.07. The van der Waals surface area contributed by atoms with Gasteiger partial charge in [-0.25, -0.2) is 4.79 Å². The number of amides is 1. The summed E-state index contributed by atoms with van der Waals surface area (Å²) in [7, 11) is 0. The molecule has 178 valence electrons. The first-order chi connectivity index (χ1) is 15.9. The average Bonchev–Trinajstić information content (AvgIpc) is 2.81. The number of fused-ring (bicyclic) bond motifs is 1. The number of nitrogens with one attached hydrogen (secondary N) is 1. The Balaban J connectivity index is 1.55. The molecule has 0 aromatic heterocycles. The van der Waals surface area contributed by atoms with Crippen molar-refractivity contribution in [2.24, 2.45) is 5.92 Å². The second kappa shape index (κ2) is 11.4. The maximum Gasteiger partial charge on any atom is 0.338 e. The molecule has 1 heterocycles. The molecular weight excluding hydrogens is 426 g/mol. The van der Waals surface area contributed by atoms with Crippen molar-refractivity contribution in [2.45, 2.75) is 33.7 Å². The van der Waals surface area contributed by atoms with Gasteiger partial charge in [0.15, 0.2) is 29.6 Å². The number of hydrogen-bond acceptors (Lipinski definition) is 7. The number of benzene rings is 2. The summed E-state index contributed by atoms with van der Waals surface area (Å²) in [5.74, 6) is 1.69. The van der Waals surface area contributed by atoms with Crippen LogP contribution in [0.4, 0.5) is 0 Å². The number of rotatable bonds is 10. The quantitative estimate of drug-likeness (QED) is 0.541. The van der Waals surface area contributed by atoms with E-state index in [1.54, 1.807) is 18.2 Å². The highest BCUT2D eigenvalue weighted by molar-refractivity contribution is 5.92. The fraction of sp³-hybridized carbons (Fsp3) is 0.440. The summed E-state index contributed by atoms with van der Waals surface area (Å²) in [5, 5.41) is 2.82. The minimum atomic E-state index is -0.617. The summed E-state index contributed by atoms with van der Waals surface area (Å²) in [4.78, 5) is 24.8. The molecule has 1 N–H and O–H groups in total. The first-order valence-electron chi connectivity index (χ1n) is 11.1. The van der Waals surface area contributed by atoms with E-state index in [-0.39, 0.29) is 11.6 Å². The molecule has 0 aliphatic carbocycles. The lowest BCUT2D eigenvalue weighted by molar-refractivity contribution is -0.124. The molecule has 2 aromatic rings. The maximum absolute atomic E-state index is 12.5. The highest BCUT2D eigenvalue weighted by Crippen LogP contribution is 2.32. The highest BCUT2D eigenvalue weighted by Gasteiger charge is 2.18. The van der Waals surface area contributed by atoms with Crippen molar-refractivity contribution in [1.82, 2.24) is 5.32 Å². The van der Waals surface area contributed by atoms with Crippen molar-refractivity contribution < 1.29 is 33.3 Å². The van der Waals surface area contributed by atoms with Crippen LogP contribution in [0.1, 0.15) is 49.7 Å². The molecule has 0 saturated carbocycles. The Kier molecular flexibility index (Phi) is 8.40. The molecule has 33 heavy (non-hydrogen) atoms. The van der Waals surface area contributed by atoms with E-state index < -0.39 is 18.5 Å². The Bertz CT molecular complexity index is 973. The van der Waals surface area contributed by atoms with E-state index in [4.69, 9.17) is 23.7 Å². The number of carbonyl (C=O) groups is 2. The van der Waals surface area contributed by atoms with Crippen LogP contribution in [0.3, 0.4) is 0 Å². The van der Waals surface area contributed by atoms with Crippen LogP contribution < -0.4 is 24.3 Å². The normalized spacial score (nSPS) is 13.2.